The van der Waals surface area contributed by atoms with E-state index in [0.29, 0.717) is 0 Å². The van der Waals surface area contributed by atoms with Gasteiger partial charge in [0.1, 0.15) is 6.04 Å². The first kappa shape index (κ1) is 16.2. The molecule has 0 bridgehead atoms. The number of alkyl halides is 3. The van der Waals surface area contributed by atoms with Crippen molar-refractivity contribution in [1.29, 1.82) is 0 Å². The third-order valence-corrected chi connectivity index (χ3v) is 2.23. The van der Waals surface area contributed by atoms with Crippen LogP contribution in [0.5, 0.6) is 0 Å². The van der Waals surface area contributed by atoms with Gasteiger partial charge in [-0.2, -0.15) is 13.2 Å². The highest BCUT2D eigenvalue weighted by molar-refractivity contribution is 5.73. The van der Waals surface area contributed by atoms with Gasteiger partial charge in [0.05, 0.1) is 12.5 Å². The van der Waals surface area contributed by atoms with Crippen molar-refractivity contribution in [3.05, 3.63) is 0 Å². The predicted octanol–water partition coefficient (Wildman–Crippen LogP) is 2.49. The highest BCUT2D eigenvalue weighted by atomic mass is 19.4. The van der Waals surface area contributed by atoms with Crippen LogP contribution in [0.1, 0.15) is 34.1 Å². The van der Waals surface area contributed by atoms with Gasteiger partial charge in [-0.05, 0) is 18.8 Å². The number of hydrogen-bond donors (Lipinski definition) is 1. The molecule has 0 aliphatic rings. The highest BCUT2D eigenvalue weighted by Crippen LogP contribution is 2.32. The Bertz CT molecular complexity index is 258. The average Bonchev–Trinajstić information content (AvgIpc) is 2.10. The molecule has 0 aliphatic carbocycles. The van der Waals surface area contributed by atoms with Crippen molar-refractivity contribution in [3.63, 3.8) is 0 Å². The lowest BCUT2D eigenvalue weighted by Crippen LogP contribution is -2.48. The van der Waals surface area contributed by atoms with Crippen molar-refractivity contribution in [2.75, 3.05) is 6.61 Å². The number of carbonyl (C=O) groups is 1. The highest BCUT2D eigenvalue weighted by Gasteiger charge is 2.46. The Morgan fingerprint density at radius 1 is 1.29 bits per heavy atom. The predicted molar refractivity (Wildman–Crippen MR) is 58.2 cm³/mol. The molecule has 0 aliphatic heterocycles. The van der Waals surface area contributed by atoms with E-state index in [9.17, 15) is 18.0 Å². The van der Waals surface area contributed by atoms with Gasteiger partial charge in [-0.15, -0.1) is 0 Å². The zero-order valence-corrected chi connectivity index (χ0v) is 10.6. The van der Waals surface area contributed by atoms with Crippen molar-refractivity contribution < 1.29 is 22.7 Å². The molecule has 2 N–H and O–H groups in total. The molecular weight excluding hydrogens is 235 g/mol. The molecule has 0 fully saturated rings. The minimum Gasteiger partial charge on any atom is -0.466 e. The van der Waals surface area contributed by atoms with Crippen LogP contribution in [0, 0.1) is 11.3 Å². The maximum Gasteiger partial charge on any atom is 0.404 e. The van der Waals surface area contributed by atoms with Crippen LogP contribution in [0.2, 0.25) is 0 Å². The van der Waals surface area contributed by atoms with E-state index in [1.54, 1.807) is 27.7 Å². The van der Waals surface area contributed by atoms with Crippen LogP contribution in [-0.2, 0) is 9.53 Å². The van der Waals surface area contributed by atoms with Crippen LogP contribution in [0.4, 0.5) is 13.2 Å². The smallest absolute Gasteiger partial charge is 0.404 e. The van der Waals surface area contributed by atoms with Gasteiger partial charge in [0.2, 0.25) is 0 Å². The molecule has 0 saturated heterocycles. The SMILES string of the molecule is CCOC(=O)[C@@H](CC(C)(C)C)[C@H](N)C(F)(F)F. The first-order valence-electron chi connectivity index (χ1n) is 5.48. The lowest BCUT2D eigenvalue weighted by atomic mass is 9.81. The van der Waals surface area contributed by atoms with E-state index in [4.69, 9.17) is 5.73 Å². The summed E-state index contributed by atoms with van der Waals surface area (Å²) in [4.78, 5) is 11.5. The molecule has 0 aromatic heterocycles. The Kier molecular flexibility index (Phi) is 5.45. The summed E-state index contributed by atoms with van der Waals surface area (Å²) in [5.41, 5.74) is 4.68. The Morgan fingerprint density at radius 2 is 1.76 bits per heavy atom. The topological polar surface area (TPSA) is 52.3 Å². The molecule has 0 heterocycles. The third kappa shape index (κ3) is 5.91. The number of rotatable bonds is 4. The van der Waals surface area contributed by atoms with Crippen LogP contribution >= 0.6 is 0 Å². The fraction of sp³-hybridized carbons (Fsp3) is 0.909. The summed E-state index contributed by atoms with van der Waals surface area (Å²) >= 11 is 0. The first-order valence-corrected chi connectivity index (χ1v) is 5.48. The molecular formula is C11H20F3NO2. The van der Waals surface area contributed by atoms with Crippen molar-refractivity contribution in [3.8, 4) is 0 Å². The second kappa shape index (κ2) is 5.71. The van der Waals surface area contributed by atoms with Gasteiger partial charge in [-0.25, -0.2) is 0 Å². The summed E-state index contributed by atoms with van der Waals surface area (Å²) in [6.07, 6.45) is -4.56. The summed E-state index contributed by atoms with van der Waals surface area (Å²) < 4.78 is 42.3. The molecule has 0 amide bonds. The van der Waals surface area contributed by atoms with Crippen LogP contribution in [-0.4, -0.2) is 24.8 Å². The Labute approximate surface area is 99.5 Å². The summed E-state index contributed by atoms with van der Waals surface area (Å²) in [5.74, 6) is -2.23. The van der Waals surface area contributed by atoms with Crippen molar-refractivity contribution in [2.24, 2.45) is 17.1 Å². The zero-order valence-electron chi connectivity index (χ0n) is 10.6. The number of ether oxygens (including phenoxy) is 1. The number of carbonyl (C=O) groups excluding carboxylic acids is 1. The monoisotopic (exact) mass is 255 g/mol. The molecule has 0 aromatic rings. The fourth-order valence-corrected chi connectivity index (χ4v) is 1.49. The first-order chi connectivity index (χ1) is 7.49. The quantitative estimate of drug-likeness (QED) is 0.785. The van der Waals surface area contributed by atoms with Gasteiger partial charge in [0.15, 0.2) is 0 Å². The fourth-order valence-electron chi connectivity index (χ4n) is 1.49. The maximum atomic E-state index is 12.5. The largest absolute Gasteiger partial charge is 0.466 e. The second-order valence-electron chi connectivity index (χ2n) is 5.19. The van der Waals surface area contributed by atoms with E-state index in [-0.39, 0.29) is 13.0 Å². The normalized spacial score (nSPS) is 16.5. The van der Waals surface area contributed by atoms with Crippen LogP contribution in [0.3, 0.4) is 0 Å². The van der Waals surface area contributed by atoms with Crippen LogP contribution in [0.15, 0.2) is 0 Å². The average molecular weight is 255 g/mol. The van der Waals surface area contributed by atoms with Crippen molar-refractivity contribution in [1.82, 2.24) is 0 Å². The van der Waals surface area contributed by atoms with E-state index in [2.05, 4.69) is 4.74 Å². The minimum absolute atomic E-state index is 0.0342. The van der Waals surface area contributed by atoms with Gasteiger partial charge in [-0.3, -0.25) is 4.79 Å². The van der Waals surface area contributed by atoms with E-state index in [1.807, 2.05) is 0 Å². The summed E-state index contributed by atoms with van der Waals surface area (Å²) in [6, 6.07) is -2.18. The number of halogens is 3. The Hall–Kier alpha value is -0.780. The Balaban J connectivity index is 4.92. The molecule has 0 unspecified atom stereocenters. The van der Waals surface area contributed by atoms with Crippen molar-refractivity contribution >= 4 is 5.97 Å². The van der Waals surface area contributed by atoms with E-state index in [1.165, 1.54) is 0 Å². The Morgan fingerprint density at radius 3 is 2.06 bits per heavy atom. The van der Waals surface area contributed by atoms with E-state index in [0.717, 1.165) is 0 Å². The molecule has 3 nitrogen and oxygen atoms in total. The van der Waals surface area contributed by atoms with E-state index < -0.39 is 29.5 Å². The van der Waals surface area contributed by atoms with Gasteiger partial charge in [0.25, 0.3) is 0 Å². The molecule has 0 saturated carbocycles. The second-order valence-corrected chi connectivity index (χ2v) is 5.19. The minimum atomic E-state index is -4.59. The molecule has 2 atom stereocenters. The summed E-state index contributed by atoms with van der Waals surface area (Å²) in [5, 5.41) is 0. The van der Waals surface area contributed by atoms with Gasteiger partial charge >= 0.3 is 12.1 Å². The molecule has 0 radical (unpaired) electrons. The van der Waals surface area contributed by atoms with Gasteiger partial charge in [0, 0.05) is 0 Å². The van der Waals surface area contributed by atoms with Crippen LogP contribution in [0.25, 0.3) is 0 Å². The molecule has 17 heavy (non-hydrogen) atoms. The maximum absolute atomic E-state index is 12.5. The molecule has 0 aromatic carbocycles. The van der Waals surface area contributed by atoms with Gasteiger partial charge in [-0.1, -0.05) is 20.8 Å². The lowest BCUT2D eigenvalue weighted by Gasteiger charge is -2.29. The zero-order chi connectivity index (χ0) is 13.9. The molecule has 0 rings (SSSR count). The lowest BCUT2D eigenvalue weighted by molar-refractivity contribution is -0.178. The summed E-state index contributed by atoms with van der Waals surface area (Å²) in [6.45, 7) is 6.85. The van der Waals surface area contributed by atoms with Crippen LogP contribution < -0.4 is 5.73 Å². The number of nitrogens with two attached hydrogens (primary N) is 1. The number of esters is 1. The molecule has 6 heteroatoms. The molecule has 0 spiro atoms. The summed E-state index contributed by atoms with van der Waals surface area (Å²) in [7, 11) is 0. The van der Waals surface area contributed by atoms with Gasteiger partial charge < -0.3 is 10.5 Å². The van der Waals surface area contributed by atoms with Crippen molar-refractivity contribution in [2.45, 2.75) is 46.3 Å². The standard InChI is InChI=1S/C11H20F3NO2/c1-5-17-9(16)7(6-10(2,3)4)8(15)11(12,13)14/h7-8H,5-6,15H2,1-4H3/t7-,8-/m0/s1. The number of hydrogen-bond acceptors (Lipinski definition) is 3. The molecule has 102 valence electrons. The van der Waals surface area contributed by atoms with E-state index >= 15 is 0 Å². The third-order valence-electron chi connectivity index (χ3n) is 2.23.